The van der Waals surface area contributed by atoms with Crippen molar-refractivity contribution in [3.8, 4) is 5.75 Å². The SMILES string of the molecule is CC[C@H](O)CN(CC(=O)N1CCc2sccc2[C@H]1COc1ccc(C)cc1)CC(C)C. The molecule has 2 atom stereocenters. The van der Waals surface area contributed by atoms with Crippen molar-refractivity contribution in [3.63, 3.8) is 0 Å². The molecule has 1 aliphatic heterocycles. The molecule has 170 valence electrons. The van der Waals surface area contributed by atoms with Gasteiger partial charge in [0.25, 0.3) is 0 Å². The number of fused-ring (bicyclic) bond motifs is 1. The first-order valence-electron chi connectivity index (χ1n) is 11.3. The van der Waals surface area contributed by atoms with Crippen molar-refractivity contribution in [1.29, 1.82) is 0 Å². The smallest absolute Gasteiger partial charge is 0.237 e. The summed E-state index contributed by atoms with van der Waals surface area (Å²) < 4.78 is 6.12. The number of aryl methyl sites for hydroxylation is 1. The monoisotopic (exact) mass is 444 g/mol. The van der Waals surface area contributed by atoms with Gasteiger partial charge in [-0.3, -0.25) is 9.69 Å². The Hall–Kier alpha value is -1.89. The Balaban J connectivity index is 1.73. The molecule has 0 saturated heterocycles. The predicted octanol–water partition coefficient (Wildman–Crippen LogP) is 4.29. The maximum absolute atomic E-state index is 13.4. The lowest BCUT2D eigenvalue weighted by Gasteiger charge is -2.37. The van der Waals surface area contributed by atoms with Gasteiger partial charge in [-0.25, -0.2) is 0 Å². The van der Waals surface area contributed by atoms with Crippen molar-refractivity contribution in [2.75, 3.05) is 32.8 Å². The van der Waals surface area contributed by atoms with Gasteiger partial charge in [-0.15, -0.1) is 11.3 Å². The van der Waals surface area contributed by atoms with Crippen LogP contribution in [0.5, 0.6) is 5.75 Å². The molecule has 0 saturated carbocycles. The summed E-state index contributed by atoms with van der Waals surface area (Å²) in [5.41, 5.74) is 2.40. The van der Waals surface area contributed by atoms with Crippen LogP contribution in [0, 0.1) is 12.8 Å². The molecule has 0 aliphatic carbocycles. The quantitative estimate of drug-likeness (QED) is 0.594. The molecule has 1 N–H and O–H groups in total. The fourth-order valence-corrected chi connectivity index (χ4v) is 5.04. The number of rotatable bonds is 10. The first kappa shape index (κ1) is 23.8. The summed E-state index contributed by atoms with van der Waals surface area (Å²) in [6.45, 7) is 11.1. The summed E-state index contributed by atoms with van der Waals surface area (Å²) in [7, 11) is 0. The van der Waals surface area contributed by atoms with E-state index < -0.39 is 6.10 Å². The van der Waals surface area contributed by atoms with Crippen LogP contribution < -0.4 is 4.74 Å². The molecule has 2 heterocycles. The standard InChI is InChI=1S/C25H36N2O3S/c1-5-20(28)15-26(14-18(2)3)16-25(29)27-12-10-24-22(11-13-31-24)23(27)17-30-21-8-6-19(4)7-9-21/h6-9,11,13,18,20,23,28H,5,10,12,14-17H2,1-4H3/t20-,23+/m0/s1. The highest BCUT2D eigenvalue weighted by Gasteiger charge is 2.33. The molecular weight excluding hydrogens is 408 g/mol. The van der Waals surface area contributed by atoms with Crippen molar-refractivity contribution in [2.24, 2.45) is 5.92 Å². The molecule has 0 spiro atoms. The molecule has 0 radical (unpaired) electrons. The van der Waals surface area contributed by atoms with Crippen molar-refractivity contribution >= 4 is 17.2 Å². The van der Waals surface area contributed by atoms with Crippen molar-refractivity contribution in [1.82, 2.24) is 9.80 Å². The number of amides is 1. The van der Waals surface area contributed by atoms with Gasteiger partial charge in [0.15, 0.2) is 0 Å². The van der Waals surface area contributed by atoms with E-state index in [-0.39, 0.29) is 11.9 Å². The number of ether oxygens (including phenoxy) is 1. The molecule has 31 heavy (non-hydrogen) atoms. The summed E-state index contributed by atoms with van der Waals surface area (Å²) in [5.74, 6) is 1.37. The zero-order chi connectivity index (χ0) is 22.4. The molecule has 0 unspecified atom stereocenters. The van der Waals surface area contributed by atoms with Crippen LogP contribution in [-0.4, -0.2) is 59.7 Å². The third-order valence-corrected chi connectivity index (χ3v) is 6.76. The van der Waals surface area contributed by atoms with Gasteiger partial charge in [-0.05, 0) is 54.8 Å². The number of benzene rings is 1. The van der Waals surface area contributed by atoms with Crippen LogP contribution in [0.3, 0.4) is 0 Å². The van der Waals surface area contributed by atoms with Crippen LogP contribution in [0.4, 0.5) is 0 Å². The van der Waals surface area contributed by atoms with Crippen LogP contribution in [0.15, 0.2) is 35.7 Å². The highest BCUT2D eigenvalue weighted by molar-refractivity contribution is 7.10. The van der Waals surface area contributed by atoms with Crippen molar-refractivity contribution in [3.05, 3.63) is 51.7 Å². The van der Waals surface area contributed by atoms with Gasteiger partial charge in [0.2, 0.25) is 5.91 Å². The van der Waals surface area contributed by atoms with Crippen molar-refractivity contribution < 1.29 is 14.6 Å². The fraction of sp³-hybridized carbons (Fsp3) is 0.560. The summed E-state index contributed by atoms with van der Waals surface area (Å²) >= 11 is 1.76. The van der Waals surface area contributed by atoms with Crippen molar-refractivity contribution in [2.45, 2.75) is 52.7 Å². The van der Waals surface area contributed by atoms with Crippen LogP contribution in [0.2, 0.25) is 0 Å². The van der Waals surface area contributed by atoms with Gasteiger partial charge in [-0.1, -0.05) is 38.5 Å². The largest absolute Gasteiger partial charge is 0.491 e. The molecule has 1 amide bonds. The molecule has 1 aliphatic rings. The van der Waals surface area contributed by atoms with E-state index in [9.17, 15) is 9.90 Å². The number of carbonyl (C=O) groups excluding carboxylic acids is 1. The minimum Gasteiger partial charge on any atom is -0.491 e. The number of aliphatic hydroxyl groups is 1. The number of nitrogens with zero attached hydrogens (tertiary/aromatic N) is 2. The maximum atomic E-state index is 13.4. The van der Waals surface area contributed by atoms with Gasteiger partial charge in [0.05, 0.1) is 18.7 Å². The van der Waals surface area contributed by atoms with Gasteiger partial charge < -0.3 is 14.7 Å². The van der Waals surface area contributed by atoms with Gasteiger partial charge in [0.1, 0.15) is 12.4 Å². The first-order valence-corrected chi connectivity index (χ1v) is 12.2. The summed E-state index contributed by atoms with van der Waals surface area (Å²) in [5, 5.41) is 12.3. The molecule has 6 heteroatoms. The summed E-state index contributed by atoms with van der Waals surface area (Å²) in [6, 6.07) is 10.1. The Morgan fingerprint density at radius 2 is 2.00 bits per heavy atom. The number of hydrogen-bond acceptors (Lipinski definition) is 5. The topological polar surface area (TPSA) is 53.0 Å². The van der Waals surface area contributed by atoms with Gasteiger partial charge in [0, 0.05) is 24.5 Å². The van der Waals surface area contributed by atoms with E-state index in [2.05, 4.69) is 37.1 Å². The van der Waals surface area contributed by atoms with E-state index in [1.54, 1.807) is 11.3 Å². The van der Waals surface area contributed by atoms with E-state index >= 15 is 0 Å². The normalized spacial score (nSPS) is 17.1. The predicted molar refractivity (Wildman–Crippen MR) is 127 cm³/mol. The lowest BCUT2D eigenvalue weighted by atomic mass is 10.00. The highest BCUT2D eigenvalue weighted by atomic mass is 32.1. The van der Waals surface area contributed by atoms with E-state index in [4.69, 9.17) is 4.74 Å². The molecule has 5 nitrogen and oxygen atoms in total. The minimum absolute atomic E-state index is 0.0826. The average Bonchev–Trinajstić information content (AvgIpc) is 3.21. The first-order chi connectivity index (χ1) is 14.9. The van der Waals surface area contributed by atoms with Crippen LogP contribution in [0.25, 0.3) is 0 Å². The Morgan fingerprint density at radius 3 is 2.68 bits per heavy atom. The molecule has 3 rings (SSSR count). The Morgan fingerprint density at radius 1 is 1.26 bits per heavy atom. The number of carbonyl (C=O) groups is 1. The van der Waals surface area contributed by atoms with E-state index in [0.717, 1.165) is 18.7 Å². The average molecular weight is 445 g/mol. The second-order valence-electron chi connectivity index (χ2n) is 8.93. The van der Waals surface area contributed by atoms with Gasteiger partial charge >= 0.3 is 0 Å². The maximum Gasteiger partial charge on any atom is 0.237 e. The van der Waals surface area contributed by atoms with Crippen LogP contribution in [0.1, 0.15) is 49.2 Å². The van der Waals surface area contributed by atoms with E-state index in [0.29, 0.717) is 38.6 Å². The lowest BCUT2D eigenvalue weighted by Crippen LogP contribution is -2.48. The third kappa shape index (κ3) is 6.55. The molecule has 1 aromatic heterocycles. The van der Waals surface area contributed by atoms with Gasteiger partial charge in [-0.2, -0.15) is 0 Å². The Labute approximate surface area is 190 Å². The molecular formula is C25H36N2O3S. The van der Waals surface area contributed by atoms with E-state index in [1.165, 1.54) is 16.0 Å². The molecule has 1 aromatic carbocycles. The Bertz CT molecular complexity index is 834. The number of hydrogen-bond donors (Lipinski definition) is 1. The lowest BCUT2D eigenvalue weighted by molar-refractivity contribution is -0.136. The third-order valence-electron chi connectivity index (χ3n) is 5.77. The zero-order valence-electron chi connectivity index (χ0n) is 19.2. The van der Waals surface area contributed by atoms with Crippen LogP contribution >= 0.6 is 11.3 Å². The Kier molecular flexibility index (Phi) is 8.52. The highest BCUT2D eigenvalue weighted by Crippen LogP contribution is 2.34. The molecule has 0 fully saturated rings. The second kappa shape index (κ2) is 11.1. The zero-order valence-corrected chi connectivity index (χ0v) is 20.0. The molecule has 2 aromatic rings. The number of thiophene rings is 1. The molecule has 0 bridgehead atoms. The summed E-state index contributed by atoms with van der Waals surface area (Å²) in [4.78, 5) is 18.8. The fourth-order valence-electron chi connectivity index (χ4n) is 4.11. The van der Waals surface area contributed by atoms with E-state index in [1.807, 2.05) is 36.1 Å². The summed E-state index contributed by atoms with van der Waals surface area (Å²) in [6.07, 6.45) is 1.18. The second-order valence-corrected chi connectivity index (χ2v) is 9.93. The number of aliphatic hydroxyl groups excluding tert-OH is 1. The minimum atomic E-state index is -0.406. The van der Waals surface area contributed by atoms with Crippen LogP contribution in [-0.2, 0) is 11.2 Å².